The Labute approximate surface area is 212 Å². The maximum absolute atomic E-state index is 13.2. The number of aromatic nitrogens is 1. The quantitative estimate of drug-likeness (QED) is 0.390. The highest BCUT2D eigenvalue weighted by Gasteiger charge is 2.29. The van der Waals surface area contributed by atoms with Gasteiger partial charge >= 0.3 is 6.03 Å². The molecule has 8 heteroatoms. The first kappa shape index (κ1) is 25.1. The first-order valence-electron chi connectivity index (χ1n) is 12.2. The highest BCUT2D eigenvalue weighted by atomic mass is 32.1. The van der Waals surface area contributed by atoms with Crippen LogP contribution in [0.2, 0.25) is 0 Å². The van der Waals surface area contributed by atoms with Crippen molar-refractivity contribution in [3.05, 3.63) is 58.7 Å². The van der Waals surface area contributed by atoms with E-state index in [1.165, 1.54) is 21.0 Å². The number of rotatable bonds is 9. The molecule has 1 aliphatic rings. The molecule has 1 atom stereocenters. The maximum atomic E-state index is 13.2. The molecule has 7 nitrogen and oxygen atoms in total. The van der Waals surface area contributed by atoms with Crippen molar-refractivity contribution in [3.8, 4) is 16.5 Å². The average Bonchev–Trinajstić information content (AvgIpc) is 3.49. The summed E-state index contributed by atoms with van der Waals surface area (Å²) >= 11 is 1.85. The number of nitrogens with zero attached hydrogens (tertiary/aromatic N) is 2. The molecule has 0 spiro atoms. The fourth-order valence-corrected chi connectivity index (χ4v) is 6.05. The second-order valence-electron chi connectivity index (χ2n) is 9.49. The lowest BCUT2D eigenvalue weighted by molar-refractivity contribution is 0.247. The fourth-order valence-electron chi connectivity index (χ4n) is 4.59. The Morgan fingerprint density at radius 3 is 2.54 bits per heavy atom. The lowest BCUT2D eigenvalue weighted by Gasteiger charge is -2.26. The highest BCUT2D eigenvalue weighted by Crippen LogP contribution is 2.41. The summed E-state index contributed by atoms with van der Waals surface area (Å²) in [6.07, 6.45) is 7.08. The number of nitrogens with one attached hydrogen (secondary N) is 2. The predicted molar refractivity (Wildman–Crippen MR) is 142 cm³/mol. The van der Waals surface area contributed by atoms with E-state index in [4.69, 9.17) is 9.47 Å². The summed E-state index contributed by atoms with van der Waals surface area (Å²) in [5.74, 6) is 1.75. The van der Waals surface area contributed by atoms with Crippen molar-refractivity contribution in [2.24, 2.45) is 5.92 Å². The molecule has 0 bridgehead atoms. The molecular formula is C27H36N4O3S. The summed E-state index contributed by atoms with van der Waals surface area (Å²) in [6.45, 7) is 6.43. The predicted octanol–water partition coefficient (Wildman–Crippen LogP) is 5.84. The van der Waals surface area contributed by atoms with Crippen LogP contribution >= 0.6 is 11.3 Å². The summed E-state index contributed by atoms with van der Waals surface area (Å²) in [5.41, 5.74) is 3.32. The standard InChI is InChI=1S/C27H36N4O3S/c1-18(2)8-10-21(29-27(32)28-19-9-11-22(33-4)23(16-19)34-5)25-20-12-15-30(3)17-24(20)35-26(25)31-13-6-7-14-31/h6-7,9,11,13-14,16,18,21H,8,10,12,15,17H2,1-5H3,(H2,28,29,32)/t21-/m1/s1. The Morgan fingerprint density at radius 1 is 1.11 bits per heavy atom. The maximum Gasteiger partial charge on any atom is 0.319 e. The third-order valence-electron chi connectivity index (χ3n) is 6.44. The smallest absolute Gasteiger partial charge is 0.319 e. The van der Waals surface area contributed by atoms with Crippen molar-refractivity contribution < 1.29 is 14.3 Å². The van der Waals surface area contributed by atoms with Crippen molar-refractivity contribution in [1.29, 1.82) is 0 Å². The minimum Gasteiger partial charge on any atom is -0.493 e. The molecule has 0 fully saturated rings. The monoisotopic (exact) mass is 496 g/mol. The summed E-state index contributed by atoms with van der Waals surface area (Å²) in [5, 5.41) is 7.51. The third kappa shape index (κ3) is 5.82. The lowest BCUT2D eigenvalue weighted by Crippen LogP contribution is -2.34. The van der Waals surface area contributed by atoms with Gasteiger partial charge in [0, 0.05) is 47.7 Å². The van der Waals surface area contributed by atoms with E-state index in [9.17, 15) is 4.79 Å². The number of benzene rings is 1. The number of thiophene rings is 1. The number of carbonyl (C=O) groups is 1. The molecule has 0 unspecified atom stereocenters. The van der Waals surface area contributed by atoms with Crippen LogP contribution in [-0.2, 0) is 13.0 Å². The summed E-state index contributed by atoms with van der Waals surface area (Å²) in [4.78, 5) is 17.0. The highest BCUT2D eigenvalue weighted by molar-refractivity contribution is 7.15. The van der Waals surface area contributed by atoms with E-state index >= 15 is 0 Å². The third-order valence-corrected chi connectivity index (χ3v) is 7.68. The Hall–Kier alpha value is -2.97. The Kier molecular flexibility index (Phi) is 8.03. The summed E-state index contributed by atoms with van der Waals surface area (Å²) in [6, 6.07) is 9.17. The number of methoxy groups -OCH3 is 2. The molecule has 2 aromatic heterocycles. The van der Waals surface area contributed by atoms with Crippen LogP contribution in [0.3, 0.4) is 0 Å². The molecule has 188 valence electrons. The van der Waals surface area contributed by atoms with E-state index in [0.29, 0.717) is 23.1 Å². The van der Waals surface area contributed by atoms with Crippen LogP contribution in [0, 0.1) is 5.92 Å². The number of amides is 2. The van der Waals surface area contributed by atoms with Crippen LogP contribution in [0.15, 0.2) is 42.7 Å². The first-order valence-corrected chi connectivity index (χ1v) is 13.0. The van der Waals surface area contributed by atoms with Gasteiger partial charge in [-0.1, -0.05) is 13.8 Å². The second kappa shape index (κ2) is 11.2. The topological polar surface area (TPSA) is 67.8 Å². The lowest BCUT2D eigenvalue weighted by atomic mass is 9.92. The molecule has 2 N–H and O–H groups in total. The van der Waals surface area contributed by atoms with Crippen molar-refractivity contribution in [3.63, 3.8) is 0 Å². The Bertz CT molecular complexity index is 1140. The van der Waals surface area contributed by atoms with Gasteiger partial charge in [-0.3, -0.25) is 0 Å². The van der Waals surface area contributed by atoms with Crippen LogP contribution in [0.5, 0.6) is 11.5 Å². The Morgan fingerprint density at radius 2 is 1.86 bits per heavy atom. The van der Waals surface area contributed by atoms with Crippen LogP contribution in [0.25, 0.3) is 5.00 Å². The minimum absolute atomic E-state index is 0.0849. The summed E-state index contributed by atoms with van der Waals surface area (Å²) in [7, 11) is 5.35. The zero-order chi connectivity index (χ0) is 24.9. The van der Waals surface area contributed by atoms with Gasteiger partial charge in [-0.25, -0.2) is 4.79 Å². The number of hydrogen-bond donors (Lipinski definition) is 2. The van der Waals surface area contributed by atoms with Gasteiger partial charge in [-0.15, -0.1) is 11.3 Å². The Balaban J connectivity index is 1.64. The molecule has 2 amide bonds. The van der Waals surface area contributed by atoms with Gasteiger partial charge in [0.1, 0.15) is 5.00 Å². The molecular weight excluding hydrogens is 460 g/mol. The van der Waals surface area contributed by atoms with Gasteiger partial charge in [0.25, 0.3) is 0 Å². The van der Waals surface area contributed by atoms with Crippen LogP contribution in [0.1, 0.15) is 48.7 Å². The molecule has 0 saturated heterocycles. The number of anilines is 1. The largest absolute Gasteiger partial charge is 0.493 e. The van der Waals surface area contributed by atoms with Gasteiger partial charge in [-0.05, 0) is 62.1 Å². The van der Waals surface area contributed by atoms with Crippen molar-refractivity contribution in [2.75, 3.05) is 33.1 Å². The SMILES string of the molecule is COc1ccc(NC(=O)N[C@H](CCC(C)C)c2c(-n3cccc3)sc3c2CCN(C)C3)cc1OC. The minimum atomic E-state index is -0.225. The van der Waals surface area contributed by atoms with Crippen molar-refractivity contribution in [2.45, 2.75) is 45.7 Å². The van der Waals surface area contributed by atoms with Gasteiger partial charge < -0.3 is 29.6 Å². The molecule has 3 heterocycles. The molecule has 0 aliphatic carbocycles. The zero-order valence-corrected chi connectivity index (χ0v) is 22.1. The van der Waals surface area contributed by atoms with Gasteiger partial charge in [0.15, 0.2) is 11.5 Å². The van der Waals surface area contributed by atoms with E-state index in [2.05, 4.69) is 65.5 Å². The number of hydrogen-bond acceptors (Lipinski definition) is 5. The van der Waals surface area contributed by atoms with Crippen molar-refractivity contribution in [1.82, 2.24) is 14.8 Å². The number of ether oxygens (including phenoxy) is 2. The van der Waals surface area contributed by atoms with Crippen LogP contribution in [0.4, 0.5) is 10.5 Å². The second-order valence-corrected chi connectivity index (χ2v) is 10.6. The molecule has 0 radical (unpaired) electrons. The van der Waals surface area contributed by atoms with Gasteiger partial charge in [-0.2, -0.15) is 0 Å². The molecule has 35 heavy (non-hydrogen) atoms. The molecule has 0 saturated carbocycles. The van der Waals surface area contributed by atoms with Crippen LogP contribution < -0.4 is 20.1 Å². The number of urea groups is 1. The molecule has 3 aromatic rings. The molecule has 4 rings (SSSR count). The molecule has 1 aliphatic heterocycles. The fraction of sp³-hybridized carbons (Fsp3) is 0.444. The number of carbonyl (C=O) groups excluding carboxylic acids is 1. The van der Waals surface area contributed by atoms with Gasteiger partial charge in [0.2, 0.25) is 0 Å². The zero-order valence-electron chi connectivity index (χ0n) is 21.3. The summed E-state index contributed by atoms with van der Waals surface area (Å²) < 4.78 is 12.9. The van der Waals surface area contributed by atoms with E-state index in [1.54, 1.807) is 26.4 Å². The van der Waals surface area contributed by atoms with E-state index in [0.717, 1.165) is 32.4 Å². The van der Waals surface area contributed by atoms with E-state index in [1.807, 2.05) is 17.4 Å². The van der Waals surface area contributed by atoms with E-state index < -0.39 is 0 Å². The normalized spacial score (nSPS) is 14.5. The molecule has 1 aromatic carbocycles. The van der Waals surface area contributed by atoms with Gasteiger partial charge in [0.05, 0.1) is 20.3 Å². The average molecular weight is 497 g/mol. The number of likely N-dealkylation sites (N-methyl/N-ethyl adjacent to an activating group) is 1. The van der Waals surface area contributed by atoms with Crippen molar-refractivity contribution >= 4 is 23.1 Å². The van der Waals surface area contributed by atoms with E-state index in [-0.39, 0.29) is 12.1 Å². The van der Waals surface area contributed by atoms with Crippen LogP contribution in [-0.4, -0.2) is 43.3 Å². The number of fused-ring (bicyclic) bond motifs is 1. The first-order chi connectivity index (χ1) is 16.9.